The number of nitrogens with zero attached hydrogens (tertiary/aromatic N) is 4. The zero-order valence-electron chi connectivity index (χ0n) is 18.0. The molecule has 0 saturated carbocycles. The summed E-state index contributed by atoms with van der Waals surface area (Å²) in [6.07, 6.45) is 0. The van der Waals surface area contributed by atoms with Gasteiger partial charge in [0.1, 0.15) is 0 Å². The highest BCUT2D eigenvalue weighted by molar-refractivity contribution is 9.10. The molecule has 4 aromatic rings. The van der Waals surface area contributed by atoms with E-state index in [-0.39, 0.29) is 17.8 Å². The average molecular weight is 503 g/mol. The Kier molecular flexibility index (Phi) is 6.32. The van der Waals surface area contributed by atoms with Gasteiger partial charge in [-0.3, -0.25) is 9.69 Å². The van der Waals surface area contributed by atoms with Gasteiger partial charge in [-0.2, -0.15) is 0 Å². The summed E-state index contributed by atoms with van der Waals surface area (Å²) in [6, 6.07) is 28.6. The Hall–Kier alpha value is -3.29. The van der Waals surface area contributed by atoms with Crippen LogP contribution in [0.2, 0.25) is 0 Å². The predicted molar refractivity (Wildman–Crippen MR) is 130 cm³/mol. The molecule has 1 fully saturated rings. The average Bonchev–Trinajstić information content (AvgIpc) is 3.37. The summed E-state index contributed by atoms with van der Waals surface area (Å²) in [7, 11) is 0. The van der Waals surface area contributed by atoms with Crippen molar-refractivity contribution >= 4 is 21.8 Å². The van der Waals surface area contributed by atoms with Crippen LogP contribution in [0.1, 0.15) is 27.9 Å². The van der Waals surface area contributed by atoms with Crippen molar-refractivity contribution in [2.45, 2.75) is 6.04 Å². The molecule has 33 heavy (non-hydrogen) atoms. The molecule has 5 rings (SSSR count). The number of carbonyl (C=O) groups is 1. The summed E-state index contributed by atoms with van der Waals surface area (Å²) in [5.41, 5.74) is 3.27. The molecule has 7 heteroatoms. The molecular formula is C26H23BrN4O2. The molecule has 1 amide bonds. The van der Waals surface area contributed by atoms with Crippen molar-refractivity contribution in [2.24, 2.45) is 0 Å². The fraction of sp³-hybridized carbons (Fsp3) is 0.192. The van der Waals surface area contributed by atoms with E-state index in [1.807, 2.05) is 36.4 Å². The minimum atomic E-state index is -0.218. The van der Waals surface area contributed by atoms with Crippen molar-refractivity contribution < 1.29 is 9.21 Å². The Morgan fingerprint density at radius 2 is 1.39 bits per heavy atom. The normalized spacial score (nSPS) is 15.4. The first-order valence-corrected chi connectivity index (χ1v) is 11.7. The van der Waals surface area contributed by atoms with Crippen LogP contribution >= 0.6 is 15.9 Å². The maximum Gasteiger partial charge on any atom is 0.311 e. The summed E-state index contributed by atoms with van der Waals surface area (Å²) in [4.78, 5) is 17.2. The fourth-order valence-corrected chi connectivity index (χ4v) is 4.48. The second kappa shape index (κ2) is 9.68. The van der Waals surface area contributed by atoms with Crippen LogP contribution in [0.15, 0.2) is 93.8 Å². The van der Waals surface area contributed by atoms with Gasteiger partial charge in [-0.15, -0.1) is 10.2 Å². The van der Waals surface area contributed by atoms with Crippen molar-refractivity contribution in [1.82, 2.24) is 20.0 Å². The molecule has 1 aromatic heterocycles. The molecule has 2 heterocycles. The van der Waals surface area contributed by atoms with Gasteiger partial charge in [0, 0.05) is 36.2 Å². The third kappa shape index (κ3) is 4.74. The quantitative estimate of drug-likeness (QED) is 0.382. The lowest BCUT2D eigenvalue weighted by Crippen LogP contribution is -2.50. The van der Waals surface area contributed by atoms with Gasteiger partial charge < -0.3 is 9.32 Å². The van der Waals surface area contributed by atoms with E-state index < -0.39 is 0 Å². The first kappa shape index (κ1) is 21.6. The Morgan fingerprint density at radius 1 is 0.788 bits per heavy atom. The Balaban J connectivity index is 1.30. The molecular weight excluding hydrogens is 480 g/mol. The molecule has 1 saturated heterocycles. The van der Waals surface area contributed by atoms with Crippen LogP contribution in [0.4, 0.5) is 0 Å². The van der Waals surface area contributed by atoms with Crippen molar-refractivity contribution in [1.29, 1.82) is 0 Å². The summed E-state index contributed by atoms with van der Waals surface area (Å²) in [5, 5.41) is 8.05. The molecule has 0 bridgehead atoms. The predicted octanol–water partition coefficient (Wildman–Crippen LogP) is 5.05. The molecule has 1 aliphatic heterocycles. The zero-order chi connectivity index (χ0) is 22.6. The number of aromatic nitrogens is 2. The minimum absolute atomic E-state index is 0.0369. The number of carbonyl (C=O) groups excluding carboxylic acids is 1. The van der Waals surface area contributed by atoms with Gasteiger partial charge in [-0.1, -0.05) is 76.6 Å². The number of halogens is 1. The van der Waals surface area contributed by atoms with Crippen LogP contribution < -0.4 is 0 Å². The third-order valence-corrected chi connectivity index (χ3v) is 6.43. The second-order valence-corrected chi connectivity index (χ2v) is 8.89. The monoisotopic (exact) mass is 502 g/mol. The van der Waals surface area contributed by atoms with Crippen molar-refractivity contribution in [2.75, 3.05) is 26.2 Å². The van der Waals surface area contributed by atoms with Crippen LogP contribution in [0, 0.1) is 0 Å². The summed E-state index contributed by atoms with van der Waals surface area (Å²) >= 11 is 3.53. The van der Waals surface area contributed by atoms with Crippen LogP contribution in [0.5, 0.6) is 0 Å². The summed E-state index contributed by atoms with van der Waals surface area (Å²) in [5.74, 6) is 0.177. The van der Waals surface area contributed by atoms with Crippen molar-refractivity contribution in [3.63, 3.8) is 0 Å². The molecule has 3 aromatic carbocycles. The number of hydrogen-bond acceptors (Lipinski definition) is 5. The van der Waals surface area contributed by atoms with Gasteiger partial charge in [-0.05, 0) is 35.4 Å². The summed E-state index contributed by atoms with van der Waals surface area (Å²) < 4.78 is 6.74. The van der Waals surface area contributed by atoms with E-state index in [1.54, 1.807) is 4.90 Å². The molecule has 166 valence electrons. The molecule has 1 unspecified atom stereocenters. The Bertz CT molecular complexity index is 1200. The molecule has 0 spiro atoms. The van der Waals surface area contributed by atoms with Crippen LogP contribution in [-0.4, -0.2) is 52.1 Å². The van der Waals surface area contributed by atoms with E-state index in [0.29, 0.717) is 19.0 Å². The second-order valence-electron chi connectivity index (χ2n) is 7.97. The highest BCUT2D eigenvalue weighted by atomic mass is 79.9. The fourth-order valence-electron chi connectivity index (χ4n) is 4.22. The van der Waals surface area contributed by atoms with Crippen LogP contribution in [0.3, 0.4) is 0 Å². The van der Waals surface area contributed by atoms with Gasteiger partial charge in [0.05, 0.1) is 6.04 Å². The van der Waals surface area contributed by atoms with Gasteiger partial charge >= 0.3 is 11.8 Å². The van der Waals surface area contributed by atoms with E-state index in [1.165, 1.54) is 11.1 Å². The van der Waals surface area contributed by atoms with Crippen molar-refractivity contribution in [3.8, 4) is 11.5 Å². The molecule has 1 atom stereocenters. The van der Waals surface area contributed by atoms with Gasteiger partial charge in [-0.25, -0.2) is 0 Å². The SMILES string of the molecule is O=C(c1nnc(-c2ccccc2)o1)N1CCN(C(c2ccccc2)c2ccc(Br)cc2)CC1. The maximum atomic E-state index is 13.0. The lowest BCUT2D eigenvalue weighted by molar-refractivity contribution is 0.0561. The zero-order valence-corrected chi connectivity index (χ0v) is 19.6. The number of piperazine rings is 1. The topological polar surface area (TPSA) is 62.5 Å². The van der Waals surface area contributed by atoms with Crippen molar-refractivity contribution in [3.05, 3.63) is 106 Å². The Morgan fingerprint density at radius 3 is 2.06 bits per heavy atom. The lowest BCUT2D eigenvalue weighted by Gasteiger charge is -2.39. The molecule has 0 N–H and O–H groups in total. The first-order valence-electron chi connectivity index (χ1n) is 10.9. The summed E-state index contributed by atoms with van der Waals surface area (Å²) in [6.45, 7) is 2.70. The smallest absolute Gasteiger partial charge is 0.311 e. The molecule has 6 nitrogen and oxygen atoms in total. The third-order valence-electron chi connectivity index (χ3n) is 5.90. The van der Waals surface area contributed by atoms with E-state index >= 15 is 0 Å². The van der Waals surface area contributed by atoms with E-state index in [4.69, 9.17) is 4.42 Å². The standard InChI is InChI=1S/C26H23BrN4O2/c27-22-13-11-20(12-14-22)23(19-7-3-1-4-8-19)30-15-17-31(18-16-30)26(32)25-29-28-24(33-25)21-9-5-2-6-10-21/h1-14,23H,15-18H2. The highest BCUT2D eigenvalue weighted by Gasteiger charge is 2.30. The van der Waals surface area contributed by atoms with Gasteiger partial charge in [0.25, 0.3) is 0 Å². The first-order chi connectivity index (χ1) is 16.2. The number of benzene rings is 3. The van der Waals surface area contributed by atoms with Gasteiger partial charge in [0.15, 0.2) is 0 Å². The van der Waals surface area contributed by atoms with E-state index in [9.17, 15) is 4.79 Å². The Labute approximate surface area is 201 Å². The number of amides is 1. The molecule has 1 aliphatic rings. The van der Waals surface area contributed by atoms with Gasteiger partial charge in [0.2, 0.25) is 5.89 Å². The lowest BCUT2D eigenvalue weighted by atomic mass is 9.96. The highest BCUT2D eigenvalue weighted by Crippen LogP contribution is 2.30. The van der Waals surface area contributed by atoms with Crippen LogP contribution in [0.25, 0.3) is 11.5 Å². The molecule has 0 aliphatic carbocycles. The maximum absolute atomic E-state index is 13.0. The number of hydrogen-bond donors (Lipinski definition) is 0. The van der Waals surface area contributed by atoms with E-state index in [2.05, 4.69) is 79.6 Å². The van der Waals surface area contributed by atoms with Crippen LogP contribution in [-0.2, 0) is 0 Å². The minimum Gasteiger partial charge on any atom is -0.412 e. The van der Waals surface area contributed by atoms with E-state index in [0.717, 1.165) is 23.1 Å². The number of rotatable bonds is 5. The molecule has 0 radical (unpaired) electrons. The largest absolute Gasteiger partial charge is 0.412 e.